The molecule has 1 fully saturated rings. The fraction of sp³-hybridized carbons (Fsp3) is 0.529. The molecule has 0 spiro atoms. The first kappa shape index (κ1) is 17.4. The van der Waals surface area contributed by atoms with Gasteiger partial charge in [0.15, 0.2) is 0 Å². The van der Waals surface area contributed by atoms with E-state index in [0.717, 1.165) is 50.4 Å². The zero-order valence-corrected chi connectivity index (χ0v) is 13.9. The van der Waals surface area contributed by atoms with Crippen molar-refractivity contribution in [3.05, 3.63) is 29.3 Å². The van der Waals surface area contributed by atoms with Crippen molar-refractivity contribution >= 4 is 17.5 Å². The number of anilines is 1. The summed E-state index contributed by atoms with van der Waals surface area (Å²) in [6.07, 6.45) is 0.859. The second-order valence-electron chi connectivity index (χ2n) is 5.94. The van der Waals surface area contributed by atoms with Crippen LogP contribution in [0.4, 0.5) is 5.69 Å². The lowest BCUT2D eigenvalue weighted by atomic mass is 10.1. The van der Waals surface area contributed by atoms with Gasteiger partial charge in [-0.05, 0) is 25.0 Å². The molecule has 0 saturated carbocycles. The first-order valence-corrected chi connectivity index (χ1v) is 8.14. The van der Waals surface area contributed by atoms with Crippen molar-refractivity contribution in [3.63, 3.8) is 0 Å². The Balaban J connectivity index is 1.71. The Morgan fingerprint density at radius 3 is 2.43 bits per heavy atom. The summed E-state index contributed by atoms with van der Waals surface area (Å²) >= 11 is 0. The average molecular weight is 320 g/mol. The number of rotatable bonds is 5. The molecule has 1 saturated heterocycles. The first-order chi connectivity index (χ1) is 11.1. The number of carbonyl (C=O) groups excluding carboxylic acids is 2. The molecule has 23 heavy (non-hydrogen) atoms. The van der Waals surface area contributed by atoms with Crippen LogP contribution in [0, 0.1) is 13.8 Å². The highest BCUT2D eigenvalue weighted by atomic mass is 16.5. The number of nitrogens with one attached hydrogen (secondary N) is 3. The summed E-state index contributed by atoms with van der Waals surface area (Å²) in [6.45, 7) is 8.96. The summed E-state index contributed by atoms with van der Waals surface area (Å²) in [7, 11) is 0. The van der Waals surface area contributed by atoms with E-state index in [1.807, 2.05) is 32.0 Å². The largest absolute Gasteiger partial charge is 0.370 e. The zero-order chi connectivity index (χ0) is 16.7. The SMILES string of the molecule is Cc1cccc(C)c1NC(=O)C(=O)NCCC[NH+]1CCOCC1. The molecular weight excluding hydrogens is 294 g/mol. The smallest absolute Gasteiger partial charge is 0.313 e. The van der Waals surface area contributed by atoms with Crippen LogP contribution in [-0.2, 0) is 14.3 Å². The first-order valence-electron chi connectivity index (χ1n) is 8.14. The van der Waals surface area contributed by atoms with Crippen molar-refractivity contribution in [1.29, 1.82) is 0 Å². The number of amides is 2. The lowest BCUT2D eigenvalue weighted by molar-refractivity contribution is -0.908. The van der Waals surface area contributed by atoms with Crippen LogP contribution in [0.25, 0.3) is 0 Å². The Labute approximate surface area is 137 Å². The molecule has 1 aromatic rings. The number of carbonyl (C=O) groups is 2. The van der Waals surface area contributed by atoms with Crippen molar-refractivity contribution in [2.24, 2.45) is 0 Å². The number of morpholine rings is 1. The summed E-state index contributed by atoms with van der Waals surface area (Å²) in [5.74, 6) is -1.19. The van der Waals surface area contributed by atoms with Crippen molar-refractivity contribution in [3.8, 4) is 0 Å². The predicted molar refractivity (Wildman–Crippen MR) is 88.6 cm³/mol. The number of aryl methyl sites for hydroxylation is 2. The molecule has 6 nitrogen and oxygen atoms in total. The maximum Gasteiger partial charge on any atom is 0.313 e. The molecule has 1 aromatic carbocycles. The third-order valence-electron chi connectivity index (χ3n) is 4.12. The Morgan fingerprint density at radius 1 is 1.13 bits per heavy atom. The van der Waals surface area contributed by atoms with Gasteiger partial charge < -0.3 is 20.3 Å². The van der Waals surface area contributed by atoms with Gasteiger partial charge in [0, 0.05) is 18.7 Å². The van der Waals surface area contributed by atoms with Gasteiger partial charge in [-0.3, -0.25) is 9.59 Å². The monoisotopic (exact) mass is 320 g/mol. The second kappa shape index (κ2) is 8.64. The van der Waals surface area contributed by atoms with E-state index < -0.39 is 11.8 Å². The van der Waals surface area contributed by atoms with Crippen LogP contribution in [-0.4, -0.2) is 51.2 Å². The van der Waals surface area contributed by atoms with E-state index in [9.17, 15) is 9.59 Å². The van der Waals surface area contributed by atoms with E-state index in [1.165, 1.54) is 4.90 Å². The third kappa shape index (κ3) is 5.33. The molecule has 0 aromatic heterocycles. The standard InChI is InChI=1S/C17H25N3O3/c1-13-5-3-6-14(2)15(13)19-17(22)16(21)18-7-4-8-20-9-11-23-12-10-20/h3,5-6H,4,7-12H2,1-2H3,(H,18,21)(H,19,22)/p+1. The maximum absolute atomic E-state index is 12.0. The van der Waals surface area contributed by atoms with Crippen molar-refractivity contribution in [2.45, 2.75) is 20.3 Å². The van der Waals surface area contributed by atoms with Gasteiger partial charge in [0.1, 0.15) is 13.1 Å². The normalized spacial score (nSPS) is 15.2. The van der Waals surface area contributed by atoms with Crippen LogP contribution in [0.1, 0.15) is 17.5 Å². The Morgan fingerprint density at radius 2 is 1.78 bits per heavy atom. The molecule has 2 rings (SSSR count). The van der Waals surface area contributed by atoms with Gasteiger partial charge in [-0.15, -0.1) is 0 Å². The summed E-state index contributed by atoms with van der Waals surface area (Å²) in [4.78, 5) is 25.3. The van der Waals surface area contributed by atoms with Crippen LogP contribution in [0.2, 0.25) is 0 Å². The minimum Gasteiger partial charge on any atom is -0.370 e. The molecule has 3 N–H and O–H groups in total. The zero-order valence-electron chi connectivity index (χ0n) is 13.9. The molecule has 1 aliphatic rings. The topological polar surface area (TPSA) is 71.9 Å². The van der Waals surface area contributed by atoms with Gasteiger partial charge in [-0.25, -0.2) is 0 Å². The Kier molecular flexibility index (Phi) is 6.55. The average Bonchev–Trinajstić information content (AvgIpc) is 2.55. The minimum absolute atomic E-state index is 0.517. The van der Waals surface area contributed by atoms with Gasteiger partial charge in [-0.2, -0.15) is 0 Å². The van der Waals surface area contributed by atoms with Crippen LogP contribution >= 0.6 is 0 Å². The van der Waals surface area contributed by atoms with E-state index in [4.69, 9.17) is 4.74 Å². The lowest BCUT2D eigenvalue weighted by Crippen LogP contribution is -3.14. The molecular formula is C17H26N3O3+. The van der Waals surface area contributed by atoms with Gasteiger partial charge in [0.2, 0.25) is 0 Å². The van der Waals surface area contributed by atoms with E-state index in [1.54, 1.807) is 0 Å². The third-order valence-corrected chi connectivity index (χ3v) is 4.12. The summed E-state index contributed by atoms with van der Waals surface area (Å²) in [5.41, 5.74) is 2.61. The van der Waals surface area contributed by atoms with Gasteiger partial charge in [0.25, 0.3) is 0 Å². The Hall–Kier alpha value is -1.92. The molecule has 0 atom stereocenters. The van der Waals surface area contributed by atoms with E-state index in [0.29, 0.717) is 12.2 Å². The second-order valence-corrected chi connectivity index (χ2v) is 5.94. The minimum atomic E-state index is -0.610. The number of hydrogen-bond donors (Lipinski definition) is 3. The molecule has 1 heterocycles. The number of para-hydroxylation sites is 1. The maximum atomic E-state index is 12.0. The van der Waals surface area contributed by atoms with E-state index in [2.05, 4.69) is 10.6 Å². The molecule has 2 amide bonds. The summed E-state index contributed by atoms with van der Waals surface area (Å²) in [6, 6.07) is 5.74. The molecule has 6 heteroatoms. The lowest BCUT2D eigenvalue weighted by Gasteiger charge is -2.23. The molecule has 0 aliphatic carbocycles. The van der Waals surface area contributed by atoms with E-state index >= 15 is 0 Å². The fourth-order valence-electron chi connectivity index (χ4n) is 2.71. The molecule has 0 radical (unpaired) electrons. The molecule has 1 aliphatic heterocycles. The highest BCUT2D eigenvalue weighted by Gasteiger charge is 2.16. The van der Waals surface area contributed by atoms with Crippen LogP contribution < -0.4 is 15.5 Å². The van der Waals surface area contributed by atoms with Gasteiger partial charge in [0.05, 0.1) is 19.8 Å². The summed E-state index contributed by atoms with van der Waals surface area (Å²) in [5, 5.41) is 5.38. The van der Waals surface area contributed by atoms with Crippen LogP contribution in [0.5, 0.6) is 0 Å². The highest BCUT2D eigenvalue weighted by molar-refractivity contribution is 6.39. The highest BCUT2D eigenvalue weighted by Crippen LogP contribution is 2.18. The fourth-order valence-corrected chi connectivity index (χ4v) is 2.71. The quantitative estimate of drug-likeness (QED) is 0.514. The summed E-state index contributed by atoms with van der Waals surface area (Å²) < 4.78 is 5.31. The van der Waals surface area contributed by atoms with Crippen molar-refractivity contribution in [2.75, 3.05) is 44.7 Å². The molecule has 0 unspecified atom stereocenters. The van der Waals surface area contributed by atoms with Crippen molar-refractivity contribution in [1.82, 2.24) is 5.32 Å². The number of benzene rings is 1. The number of ether oxygens (including phenoxy) is 1. The van der Waals surface area contributed by atoms with Gasteiger partial charge in [-0.1, -0.05) is 18.2 Å². The molecule has 126 valence electrons. The van der Waals surface area contributed by atoms with Crippen molar-refractivity contribution < 1.29 is 19.2 Å². The predicted octanol–water partition coefficient (Wildman–Crippen LogP) is -0.337. The van der Waals surface area contributed by atoms with Crippen LogP contribution in [0.3, 0.4) is 0 Å². The molecule has 0 bridgehead atoms. The number of hydrogen-bond acceptors (Lipinski definition) is 3. The van der Waals surface area contributed by atoms with E-state index in [-0.39, 0.29) is 0 Å². The number of quaternary nitrogens is 1. The Bertz CT molecular complexity index is 534. The van der Waals surface area contributed by atoms with Crippen LogP contribution in [0.15, 0.2) is 18.2 Å². The van der Waals surface area contributed by atoms with Gasteiger partial charge >= 0.3 is 11.8 Å².